The molecule has 14 heteroatoms. The molecule has 5 atom stereocenters. The van der Waals surface area contributed by atoms with Gasteiger partial charge in [0, 0.05) is 35.7 Å². The SMILES string of the molecule is C=CC1CC1(NC(=O)C1CC(Oc2cc(C)nc(-c3ccccc3)c2)CN1C(=O)C(NC(=O)OC(C)(C)C)C(C)(C)C)C(=O)NS(=O)(=O)C1CC1. The predicted molar refractivity (Wildman–Crippen MR) is 191 cm³/mol. The topological polar surface area (TPSA) is 173 Å². The highest BCUT2D eigenvalue weighted by Crippen LogP contribution is 2.45. The minimum Gasteiger partial charge on any atom is -0.488 e. The van der Waals surface area contributed by atoms with Crippen LogP contribution in [0.1, 0.15) is 72.9 Å². The summed E-state index contributed by atoms with van der Waals surface area (Å²) in [7, 11) is -3.89. The monoisotopic (exact) mass is 723 g/mol. The molecular weight excluding hydrogens is 675 g/mol. The molecule has 1 aliphatic heterocycles. The minimum atomic E-state index is -3.89. The van der Waals surface area contributed by atoms with E-state index in [2.05, 4.69) is 26.9 Å². The molecule has 4 amide bonds. The van der Waals surface area contributed by atoms with Crippen LogP contribution in [0.2, 0.25) is 0 Å². The fourth-order valence-corrected chi connectivity index (χ4v) is 7.65. The van der Waals surface area contributed by atoms with Gasteiger partial charge in [0.05, 0.1) is 17.5 Å². The van der Waals surface area contributed by atoms with Crippen molar-refractivity contribution >= 4 is 33.8 Å². The van der Waals surface area contributed by atoms with Gasteiger partial charge in [-0.05, 0) is 52.4 Å². The van der Waals surface area contributed by atoms with Crippen LogP contribution in [0, 0.1) is 18.3 Å². The van der Waals surface area contributed by atoms with Crippen LogP contribution in [0.25, 0.3) is 11.3 Å². The lowest BCUT2D eigenvalue weighted by molar-refractivity contribution is -0.143. The number of ether oxygens (including phenoxy) is 2. The maximum Gasteiger partial charge on any atom is 0.408 e. The average molecular weight is 724 g/mol. The molecule has 2 heterocycles. The molecule has 0 bridgehead atoms. The van der Waals surface area contributed by atoms with Crippen LogP contribution in [0.4, 0.5) is 4.79 Å². The number of hydrogen-bond acceptors (Lipinski definition) is 9. The van der Waals surface area contributed by atoms with Gasteiger partial charge >= 0.3 is 6.09 Å². The van der Waals surface area contributed by atoms with Crippen molar-refractivity contribution in [3.8, 4) is 17.0 Å². The van der Waals surface area contributed by atoms with Gasteiger partial charge in [0.2, 0.25) is 21.8 Å². The molecule has 13 nitrogen and oxygen atoms in total. The van der Waals surface area contributed by atoms with E-state index in [4.69, 9.17) is 9.47 Å². The fourth-order valence-electron chi connectivity index (χ4n) is 6.29. The molecule has 51 heavy (non-hydrogen) atoms. The van der Waals surface area contributed by atoms with Crippen molar-refractivity contribution < 1.29 is 37.1 Å². The van der Waals surface area contributed by atoms with E-state index < -0.39 is 79.7 Å². The van der Waals surface area contributed by atoms with Crippen LogP contribution in [-0.4, -0.2) is 83.2 Å². The van der Waals surface area contributed by atoms with Crippen molar-refractivity contribution in [2.75, 3.05) is 6.54 Å². The molecule has 276 valence electrons. The van der Waals surface area contributed by atoms with E-state index >= 15 is 0 Å². The largest absolute Gasteiger partial charge is 0.488 e. The second-order valence-electron chi connectivity index (χ2n) is 15.8. The first-order valence-corrected chi connectivity index (χ1v) is 18.8. The highest BCUT2D eigenvalue weighted by atomic mass is 32.2. The third kappa shape index (κ3) is 8.89. The number of likely N-dealkylation sites (tertiary alicyclic amines) is 1. The fraction of sp³-hybridized carbons (Fsp3) is 0.541. The molecule has 2 aromatic rings. The molecule has 5 unspecified atom stereocenters. The van der Waals surface area contributed by atoms with Crippen molar-refractivity contribution in [3.63, 3.8) is 0 Å². The smallest absolute Gasteiger partial charge is 0.408 e. The van der Waals surface area contributed by atoms with E-state index in [1.807, 2.05) is 37.3 Å². The maximum absolute atomic E-state index is 14.4. The quantitative estimate of drug-likeness (QED) is 0.290. The lowest BCUT2D eigenvalue weighted by atomic mass is 9.85. The Labute approximate surface area is 300 Å². The number of pyridine rings is 1. The summed E-state index contributed by atoms with van der Waals surface area (Å²) in [6.45, 7) is 16.1. The van der Waals surface area contributed by atoms with Gasteiger partial charge in [-0.25, -0.2) is 13.2 Å². The third-order valence-electron chi connectivity index (χ3n) is 9.17. The summed E-state index contributed by atoms with van der Waals surface area (Å²) in [4.78, 5) is 61.0. The lowest BCUT2D eigenvalue weighted by Gasteiger charge is -2.36. The summed E-state index contributed by atoms with van der Waals surface area (Å²) >= 11 is 0. The third-order valence-corrected chi connectivity index (χ3v) is 11.0. The van der Waals surface area contributed by atoms with E-state index in [-0.39, 0.29) is 19.4 Å². The normalized spacial score (nSPS) is 23.8. The zero-order valence-corrected chi connectivity index (χ0v) is 31.1. The number of aryl methyl sites for hydroxylation is 1. The van der Waals surface area contributed by atoms with Crippen molar-refractivity contribution in [2.24, 2.45) is 11.3 Å². The highest BCUT2D eigenvalue weighted by Gasteiger charge is 2.62. The van der Waals surface area contributed by atoms with E-state index in [0.29, 0.717) is 30.0 Å². The molecule has 1 saturated heterocycles. The standard InChI is InChI=1S/C37H49N5O8S/c1-9-24-20-37(24,33(45)41-51(47,48)27-15-16-27)40-31(43)29-19-26(49-25-17-22(2)38-28(18-25)23-13-11-10-12-14-23)21-42(29)32(44)30(35(3,4)5)39-34(46)50-36(6,7)8/h9-14,17-18,24,26-27,29-30H,1,15-16,19-21H2,2-8H3,(H,39,46)(H,40,43)(H,41,45). The molecule has 1 aromatic heterocycles. The Bertz CT molecular complexity index is 1800. The summed E-state index contributed by atoms with van der Waals surface area (Å²) in [5.41, 5.74) is -0.873. The van der Waals surface area contributed by atoms with Crippen LogP contribution in [0.5, 0.6) is 5.75 Å². The first kappa shape index (κ1) is 37.8. The summed E-state index contributed by atoms with van der Waals surface area (Å²) in [5, 5.41) is 4.86. The number of nitrogens with zero attached hydrogens (tertiary/aromatic N) is 2. The average Bonchev–Trinajstić information content (AvgIpc) is 3.95. The second-order valence-corrected chi connectivity index (χ2v) is 17.8. The van der Waals surface area contributed by atoms with Crippen LogP contribution < -0.4 is 20.1 Å². The molecule has 2 aliphatic carbocycles. The lowest BCUT2D eigenvalue weighted by Crippen LogP contribution is -2.60. The van der Waals surface area contributed by atoms with Gasteiger partial charge in [0.25, 0.3) is 5.91 Å². The van der Waals surface area contributed by atoms with Crippen LogP contribution in [0.3, 0.4) is 0 Å². The van der Waals surface area contributed by atoms with Crippen molar-refractivity contribution in [1.29, 1.82) is 0 Å². The molecule has 3 N–H and O–H groups in total. The Morgan fingerprint density at radius 2 is 1.73 bits per heavy atom. The molecule has 3 fully saturated rings. The number of amides is 4. The molecule has 0 spiro atoms. The van der Waals surface area contributed by atoms with Gasteiger partial charge in [0.15, 0.2) is 0 Å². The van der Waals surface area contributed by atoms with E-state index in [9.17, 15) is 27.6 Å². The van der Waals surface area contributed by atoms with Crippen LogP contribution in [0.15, 0.2) is 55.1 Å². The van der Waals surface area contributed by atoms with Crippen LogP contribution in [-0.2, 0) is 29.1 Å². The molecular formula is C37H49N5O8S. The Balaban J connectivity index is 1.43. The van der Waals surface area contributed by atoms with Gasteiger partial charge in [-0.2, -0.15) is 0 Å². The number of rotatable bonds is 11. The number of benzene rings is 1. The summed E-state index contributed by atoms with van der Waals surface area (Å²) in [6, 6.07) is 10.9. The zero-order chi connectivity index (χ0) is 37.5. The molecule has 3 aliphatic rings. The van der Waals surface area contributed by atoms with Crippen molar-refractivity contribution in [3.05, 3.63) is 60.8 Å². The molecule has 1 aromatic carbocycles. The number of hydrogen-bond donors (Lipinski definition) is 3. The maximum atomic E-state index is 14.4. The van der Waals surface area contributed by atoms with Gasteiger partial charge < -0.3 is 25.0 Å². The highest BCUT2D eigenvalue weighted by molar-refractivity contribution is 7.91. The minimum absolute atomic E-state index is 0.0122. The number of carbonyl (C=O) groups is 4. The number of alkyl carbamates (subject to hydrolysis) is 1. The number of sulfonamides is 1. The first-order chi connectivity index (χ1) is 23.7. The predicted octanol–water partition coefficient (Wildman–Crippen LogP) is 4.01. The molecule has 5 rings (SSSR count). The van der Waals surface area contributed by atoms with E-state index in [0.717, 1.165) is 5.56 Å². The van der Waals surface area contributed by atoms with E-state index in [1.54, 1.807) is 53.7 Å². The van der Waals surface area contributed by atoms with Gasteiger partial charge in [-0.15, -0.1) is 6.58 Å². The number of carbonyl (C=O) groups excluding carboxylic acids is 4. The number of aromatic nitrogens is 1. The molecule has 2 saturated carbocycles. The Morgan fingerprint density at radius 1 is 1.06 bits per heavy atom. The summed E-state index contributed by atoms with van der Waals surface area (Å²) in [5.74, 6) is -2.05. The summed E-state index contributed by atoms with van der Waals surface area (Å²) in [6.07, 6.45) is 1.18. The van der Waals surface area contributed by atoms with Crippen molar-refractivity contribution in [2.45, 2.75) is 109 Å². The van der Waals surface area contributed by atoms with Gasteiger partial charge in [0.1, 0.15) is 35.1 Å². The Kier molecular flexibility index (Phi) is 10.3. The van der Waals surface area contributed by atoms with Gasteiger partial charge in [-0.1, -0.05) is 57.2 Å². The second kappa shape index (κ2) is 13.9. The van der Waals surface area contributed by atoms with Crippen LogP contribution >= 0.6 is 0 Å². The number of nitrogens with one attached hydrogen (secondary N) is 3. The first-order valence-electron chi connectivity index (χ1n) is 17.2. The Morgan fingerprint density at radius 3 is 2.29 bits per heavy atom. The zero-order valence-electron chi connectivity index (χ0n) is 30.3. The van der Waals surface area contributed by atoms with E-state index in [1.165, 1.54) is 11.0 Å². The Hall–Kier alpha value is -4.46. The molecule has 0 radical (unpaired) electrons. The van der Waals surface area contributed by atoms with Gasteiger partial charge in [-0.3, -0.25) is 24.1 Å². The summed E-state index contributed by atoms with van der Waals surface area (Å²) < 4.78 is 39.4. The van der Waals surface area contributed by atoms with Crippen molar-refractivity contribution in [1.82, 2.24) is 25.2 Å².